The minimum atomic E-state index is -0.506. The van der Waals surface area contributed by atoms with Crippen molar-refractivity contribution in [3.63, 3.8) is 0 Å². The van der Waals surface area contributed by atoms with Gasteiger partial charge >= 0.3 is 0 Å². The van der Waals surface area contributed by atoms with Crippen LogP contribution in [0.15, 0.2) is 24.3 Å². The lowest BCUT2D eigenvalue weighted by Crippen LogP contribution is -2.09. The Kier molecular flexibility index (Phi) is 4.64. The van der Waals surface area contributed by atoms with Crippen LogP contribution in [0, 0.1) is 19.7 Å². The highest BCUT2D eigenvalue weighted by molar-refractivity contribution is 6.35. The molecule has 0 aliphatic rings. The molecule has 1 unspecified atom stereocenters. The van der Waals surface area contributed by atoms with Crippen LogP contribution in [0.25, 0.3) is 0 Å². The molecule has 0 heterocycles. The lowest BCUT2D eigenvalue weighted by Gasteiger charge is -2.20. The van der Waals surface area contributed by atoms with Crippen molar-refractivity contribution in [3.05, 3.63) is 56.8 Å². The van der Waals surface area contributed by atoms with Crippen molar-refractivity contribution in [2.45, 2.75) is 26.8 Å². The van der Waals surface area contributed by atoms with Crippen LogP contribution in [-0.2, 0) is 0 Å². The van der Waals surface area contributed by atoms with E-state index in [1.54, 1.807) is 0 Å². The van der Waals surface area contributed by atoms with Gasteiger partial charge in [0.15, 0.2) is 0 Å². The summed E-state index contributed by atoms with van der Waals surface area (Å²) in [6.07, 6.45) is 0. The van der Waals surface area contributed by atoms with E-state index >= 15 is 0 Å². The molecule has 0 fully saturated rings. The summed E-state index contributed by atoms with van der Waals surface area (Å²) in [7, 11) is 0. The topological polar surface area (TPSA) is 32.3 Å². The monoisotopic (exact) mass is 327 g/mol. The number of rotatable bonds is 3. The number of anilines is 1. The molecule has 0 spiro atoms. The van der Waals surface area contributed by atoms with Crippen LogP contribution in [0.4, 0.5) is 10.1 Å². The van der Waals surface area contributed by atoms with E-state index in [9.17, 15) is 9.50 Å². The summed E-state index contributed by atoms with van der Waals surface area (Å²) in [6, 6.07) is 6.18. The number of hydrogen-bond acceptors (Lipinski definition) is 2. The van der Waals surface area contributed by atoms with E-state index in [1.807, 2.05) is 32.9 Å². The molecule has 0 radical (unpaired) electrons. The van der Waals surface area contributed by atoms with Crippen LogP contribution < -0.4 is 5.32 Å². The Bertz CT molecular complexity index is 688. The van der Waals surface area contributed by atoms with Crippen molar-refractivity contribution in [1.82, 2.24) is 0 Å². The van der Waals surface area contributed by atoms with E-state index in [0.717, 1.165) is 16.8 Å². The number of nitrogens with one attached hydrogen (secondary N) is 1. The molecule has 2 aromatic rings. The zero-order valence-electron chi connectivity index (χ0n) is 12.0. The second-order valence-corrected chi connectivity index (χ2v) is 5.87. The molecule has 0 saturated heterocycles. The molecular weight excluding hydrogens is 312 g/mol. The highest BCUT2D eigenvalue weighted by Gasteiger charge is 2.15. The summed E-state index contributed by atoms with van der Waals surface area (Å²) >= 11 is 11.8. The summed E-state index contributed by atoms with van der Waals surface area (Å²) in [4.78, 5) is 0. The molecular formula is C16H16Cl2FNO. The molecule has 0 amide bonds. The molecule has 0 saturated carbocycles. The van der Waals surface area contributed by atoms with Gasteiger partial charge in [-0.2, -0.15) is 0 Å². The van der Waals surface area contributed by atoms with Gasteiger partial charge in [0.05, 0.1) is 11.1 Å². The van der Waals surface area contributed by atoms with E-state index in [-0.39, 0.29) is 16.8 Å². The van der Waals surface area contributed by atoms with Crippen LogP contribution in [0.1, 0.15) is 29.7 Å². The second-order valence-electron chi connectivity index (χ2n) is 5.06. The summed E-state index contributed by atoms with van der Waals surface area (Å²) < 4.78 is 13.6. The summed E-state index contributed by atoms with van der Waals surface area (Å²) in [5.74, 6) is -0.256. The highest BCUT2D eigenvalue weighted by atomic mass is 35.5. The fraction of sp³-hybridized carbons (Fsp3) is 0.250. The van der Waals surface area contributed by atoms with Crippen molar-refractivity contribution in [2.24, 2.45) is 0 Å². The summed E-state index contributed by atoms with van der Waals surface area (Å²) in [5.41, 5.74) is 2.93. The Hall–Kier alpha value is -1.45. The average Bonchev–Trinajstić information content (AvgIpc) is 2.43. The Labute approximate surface area is 133 Å². The third-order valence-corrected chi connectivity index (χ3v) is 4.13. The lowest BCUT2D eigenvalue weighted by atomic mass is 10.0. The van der Waals surface area contributed by atoms with Gasteiger partial charge in [-0.1, -0.05) is 29.3 Å². The van der Waals surface area contributed by atoms with E-state index in [1.165, 1.54) is 12.1 Å². The first kappa shape index (κ1) is 15.9. The van der Waals surface area contributed by atoms with Crippen LogP contribution in [0.3, 0.4) is 0 Å². The molecule has 1 atom stereocenters. The Morgan fingerprint density at radius 2 is 1.81 bits per heavy atom. The molecule has 2 rings (SSSR count). The van der Waals surface area contributed by atoms with E-state index in [0.29, 0.717) is 10.6 Å². The first-order chi connectivity index (χ1) is 9.81. The van der Waals surface area contributed by atoms with Crippen molar-refractivity contribution >= 4 is 28.9 Å². The predicted molar refractivity (Wildman–Crippen MR) is 86.0 cm³/mol. The SMILES string of the molecule is Cc1ccc(NC(C)c2cc(F)c(Cl)cc2Cl)c(C)c1O. The molecule has 2 nitrogen and oxygen atoms in total. The molecule has 21 heavy (non-hydrogen) atoms. The number of hydrogen-bond donors (Lipinski definition) is 2. The largest absolute Gasteiger partial charge is 0.507 e. The predicted octanol–water partition coefficient (Wildman–Crippen LogP) is 5.63. The maximum Gasteiger partial charge on any atom is 0.142 e. The van der Waals surface area contributed by atoms with Crippen LogP contribution in [0.5, 0.6) is 5.75 Å². The number of benzene rings is 2. The molecule has 2 N–H and O–H groups in total. The third kappa shape index (κ3) is 3.25. The maximum absolute atomic E-state index is 13.6. The number of halogens is 3. The van der Waals surface area contributed by atoms with E-state index < -0.39 is 5.82 Å². The smallest absolute Gasteiger partial charge is 0.142 e. The fourth-order valence-electron chi connectivity index (χ4n) is 2.17. The molecule has 0 aliphatic heterocycles. The Morgan fingerprint density at radius 3 is 2.48 bits per heavy atom. The molecule has 0 aliphatic carbocycles. The standard InChI is InChI=1S/C16H16Cl2FNO/c1-8-4-5-15(9(2)16(8)21)20-10(3)11-6-14(19)13(18)7-12(11)17/h4-7,10,20-21H,1-3H3. The maximum atomic E-state index is 13.6. The number of phenolic OH excluding ortho intramolecular Hbond substituents is 1. The van der Waals surface area contributed by atoms with Crippen LogP contribution >= 0.6 is 23.2 Å². The molecule has 0 bridgehead atoms. The van der Waals surface area contributed by atoms with Gasteiger partial charge in [-0.05, 0) is 50.1 Å². The quantitative estimate of drug-likeness (QED) is 0.716. The lowest BCUT2D eigenvalue weighted by molar-refractivity contribution is 0.467. The Morgan fingerprint density at radius 1 is 1.14 bits per heavy atom. The normalized spacial score (nSPS) is 12.3. The van der Waals surface area contributed by atoms with Crippen LogP contribution in [0.2, 0.25) is 10.0 Å². The first-order valence-corrected chi connectivity index (χ1v) is 7.27. The summed E-state index contributed by atoms with van der Waals surface area (Å²) in [6.45, 7) is 5.52. The number of aromatic hydroxyl groups is 1. The van der Waals surface area contributed by atoms with Gasteiger partial charge in [0.2, 0.25) is 0 Å². The van der Waals surface area contributed by atoms with Gasteiger partial charge in [-0.25, -0.2) is 4.39 Å². The van der Waals surface area contributed by atoms with Gasteiger partial charge in [0.1, 0.15) is 11.6 Å². The fourth-order valence-corrected chi connectivity index (χ4v) is 2.72. The van der Waals surface area contributed by atoms with Gasteiger partial charge in [-0.15, -0.1) is 0 Å². The first-order valence-electron chi connectivity index (χ1n) is 6.51. The minimum absolute atomic E-state index is 0.000103. The zero-order chi connectivity index (χ0) is 15.7. The van der Waals surface area contributed by atoms with Gasteiger partial charge in [0, 0.05) is 16.3 Å². The molecule has 112 valence electrons. The molecule has 0 aromatic heterocycles. The molecule has 5 heteroatoms. The van der Waals surface area contributed by atoms with Gasteiger partial charge < -0.3 is 10.4 Å². The zero-order valence-corrected chi connectivity index (χ0v) is 13.5. The van der Waals surface area contributed by atoms with E-state index in [2.05, 4.69) is 5.32 Å². The van der Waals surface area contributed by atoms with Gasteiger partial charge in [0.25, 0.3) is 0 Å². The van der Waals surface area contributed by atoms with Crippen molar-refractivity contribution in [2.75, 3.05) is 5.32 Å². The van der Waals surface area contributed by atoms with Crippen LogP contribution in [-0.4, -0.2) is 5.11 Å². The van der Waals surface area contributed by atoms with Crippen molar-refractivity contribution in [3.8, 4) is 5.75 Å². The third-order valence-electron chi connectivity index (χ3n) is 3.51. The second kappa shape index (κ2) is 6.12. The van der Waals surface area contributed by atoms with E-state index in [4.69, 9.17) is 23.2 Å². The van der Waals surface area contributed by atoms with Crippen molar-refractivity contribution in [1.29, 1.82) is 0 Å². The van der Waals surface area contributed by atoms with Gasteiger partial charge in [-0.3, -0.25) is 0 Å². The number of aryl methyl sites for hydroxylation is 1. The van der Waals surface area contributed by atoms with Crippen molar-refractivity contribution < 1.29 is 9.50 Å². The average molecular weight is 328 g/mol. The Balaban J connectivity index is 2.32. The minimum Gasteiger partial charge on any atom is -0.507 e. The highest BCUT2D eigenvalue weighted by Crippen LogP contribution is 2.33. The number of phenols is 1. The summed E-state index contributed by atoms with van der Waals surface area (Å²) in [5, 5.41) is 13.6. The molecule has 2 aromatic carbocycles.